The Kier molecular flexibility index (Phi) is 11.0. The molecule has 0 aromatic heterocycles. The predicted octanol–water partition coefficient (Wildman–Crippen LogP) is 3.44. The van der Waals surface area contributed by atoms with Gasteiger partial charge in [0.2, 0.25) is 5.91 Å². The van der Waals surface area contributed by atoms with Gasteiger partial charge in [-0.05, 0) is 42.9 Å². The first-order chi connectivity index (χ1) is 17.9. The van der Waals surface area contributed by atoms with Gasteiger partial charge < -0.3 is 16.0 Å². The maximum atomic E-state index is 13.2. The lowest BCUT2D eigenvalue weighted by Gasteiger charge is -2.22. The van der Waals surface area contributed by atoms with Gasteiger partial charge in [-0.1, -0.05) is 103 Å². The van der Waals surface area contributed by atoms with Crippen molar-refractivity contribution < 1.29 is 14.4 Å². The quantitative estimate of drug-likeness (QED) is 0.240. The molecular weight excluding hydrogens is 482 g/mol. The minimum atomic E-state index is -1.37. The van der Waals surface area contributed by atoms with Gasteiger partial charge in [-0.15, -0.1) is 0 Å². The first-order valence-electron chi connectivity index (χ1n) is 12.4. The van der Waals surface area contributed by atoms with E-state index in [1.807, 2.05) is 91.0 Å². The maximum Gasteiger partial charge on any atom is 0.252 e. The van der Waals surface area contributed by atoms with Crippen LogP contribution < -0.4 is 16.0 Å². The topological polar surface area (TPSA) is 87.3 Å². The number of rotatable bonds is 13. The summed E-state index contributed by atoms with van der Waals surface area (Å²) in [6.07, 6.45) is 1.61. The van der Waals surface area contributed by atoms with Crippen LogP contribution in [-0.2, 0) is 33.6 Å². The van der Waals surface area contributed by atoms with E-state index >= 15 is 0 Å². The molecule has 3 aromatic carbocycles. The van der Waals surface area contributed by atoms with Crippen LogP contribution in [0.3, 0.4) is 0 Å². The molecule has 3 rings (SSSR count). The molecule has 0 unspecified atom stereocenters. The van der Waals surface area contributed by atoms with E-state index < -0.39 is 29.7 Å². The molecule has 0 spiro atoms. The lowest BCUT2D eigenvalue weighted by Crippen LogP contribution is -2.57. The van der Waals surface area contributed by atoms with Crippen LogP contribution in [0, 0.1) is 5.92 Å². The zero-order valence-electron chi connectivity index (χ0n) is 21.0. The first kappa shape index (κ1) is 27.7. The van der Waals surface area contributed by atoms with E-state index in [0.29, 0.717) is 37.2 Å². The van der Waals surface area contributed by atoms with Gasteiger partial charge >= 0.3 is 0 Å². The van der Waals surface area contributed by atoms with E-state index in [-0.39, 0.29) is 0 Å². The summed E-state index contributed by atoms with van der Waals surface area (Å²) in [6.45, 7) is 2.38. The Morgan fingerprint density at radius 2 is 1.05 bits per heavy atom. The van der Waals surface area contributed by atoms with E-state index in [0.717, 1.165) is 16.7 Å². The van der Waals surface area contributed by atoms with Gasteiger partial charge in [0.1, 0.15) is 0 Å². The van der Waals surface area contributed by atoms with E-state index in [9.17, 15) is 14.4 Å². The lowest BCUT2D eigenvalue weighted by molar-refractivity contribution is -0.137. The molecule has 0 fully saturated rings. The van der Waals surface area contributed by atoms with Gasteiger partial charge in [-0.3, -0.25) is 14.4 Å². The van der Waals surface area contributed by atoms with Crippen molar-refractivity contribution in [1.82, 2.24) is 16.0 Å². The summed E-state index contributed by atoms with van der Waals surface area (Å²) in [5, 5.41) is 8.26. The molecule has 0 aliphatic heterocycles. The fourth-order valence-electron chi connectivity index (χ4n) is 3.92. The Labute approximate surface area is 223 Å². The normalized spacial score (nSPS) is 11.4. The minimum Gasteiger partial charge on any atom is -0.354 e. The highest BCUT2D eigenvalue weighted by molar-refractivity contribution is 7.80. The molecular formula is C30H33N3O3S. The maximum absolute atomic E-state index is 13.2. The van der Waals surface area contributed by atoms with Crippen LogP contribution in [0.25, 0.3) is 0 Å². The molecule has 0 radical (unpaired) electrons. The number of hydrogen-bond acceptors (Lipinski definition) is 4. The number of nitrogens with one attached hydrogen (secondary N) is 3. The molecule has 3 aromatic rings. The number of carbonyl (C=O) groups is 3. The second-order valence-corrected chi connectivity index (χ2v) is 9.49. The third kappa shape index (κ3) is 9.28. The molecule has 1 atom stereocenters. The van der Waals surface area contributed by atoms with Crippen LogP contribution in [0.5, 0.6) is 0 Å². The smallest absolute Gasteiger partial charge is 0.252 e. The van der Waals surface area contributed by atoms with Crippen LogP contribution in [-0.4, -0.2) is 41.7 Å². The van der Waals surface area contributed by atoms with Crippen molar-refractivity contribution in [1.29, 1.82) is 0 Å². The molecule has 3 amide bonds. The SMILES string of the molecule is CC(=S)[C@@H](Cc1ccccc1)C(=O)NC(C(=O)NCCc1ccccc1)C(=O)NCCc1ccccc1. The Hall–Kier alpha value is -3.84. The Morgan fingerprint density at radius 3 is 1.46 bits per heavy atom. The average molecular weight is 516 g/mol. The van der Waals surface area contributed by atoms with Crippen molar-refractivity contribution in [3.8, 4) is 0 Å². The second-order valence-electron chi connectivity index (χ2n) is 8.85. The zero-order valence-corrected chi connectivity index (χ0v) is 21.8. The molecule has 3 N–H and O–H groups in total. The third-order valence-corrected chi connectivity index (χ3v) is 6.30. The second kappa shape index (κ2) is 14.7. The summed E-state index contributed by atoms with van der Waals surface area (Å²) in [7, 11) is 0. The number of amides is 3. The van der Waals surface area contributed by atoms with Crippen molar-refractivity contribution in [2.45, 2.75) is 32.2 Å². The van der Waals surface area contributed by atoms with Gasteiger partial charge in [0.05, 0.1) is 5.92 Å². The molecule has 0 saturated heterocycles. The highest BCUT2D eigenvalue weighted by Crippen LogP contribution is 2.12. The van der Waals surface area contributed by atoms with Crippen LogP contribution in [0.15, 0.2) is 91.0 Å². The monoisotopic (exact) mass is 515 g/mol. The van der Waals surface area contributed by atoms with Crippen molar-refractivity contribution in [2.75, 3.05) is 13.1 Å². The third-order valence-electron chi connectivity index (χ3n) is 6.01. The first-order valence-corrected chi connectivity index (χ1v) is 12.8. The number of thiocarbonyl (C=S) groups is 1. The molecule has 0 saturated carbocycles. The van der Waals surface area contributed by atoms with Gasteiger partial charge in [-0.25, -0.2) is 0 Å². The molecule has 192 valence electrons. The average Bonchev–Trinajstić information content (AvgIpc) is 2.91. The number of carbonyl (C=O) groups excluding carboxylic acids is 3. The van der Waals surface area contributed by atoms with Gasteiger partial charge in [0.15, 0.2) is 6.04 Å². The summed E-state index contributed by atoms with van der Waals surface area (Å²) >= 11 is 5.36. The Bertz CT molecular complexity index is 1110. The Balaban J connectivity index is 1.66. The van der Waals surface area contributed by atoms with E-state index in [1.54, 1.807) is 6.92 Å². The minimum absolute atomic E-state index is 0.339. The molecule has 7 heteroatoms. The van der Waals surface area contributed by atoms with E-state index in [1.165, 1.54) is 0 Å². The summed E-state index contributed by atoms with van der Waals surface area (Å²) in [6, 6.07) is 27.6. The molecule has 0 aliphatic carbocycles. The van der Waals surface area contributed by atoms with Gasteiger partial charge in [0.25, 0.3) is 11.8 Å². The Morgan fingerprint density at radius 1 is 0.649 bits per heavy atom. The van der Waals surface area contributed by atoms with Crippen LogP contribution in [0.2, 0.25) is 0 Å². The summed E-state index contributed by atoms with van der Waals surface area (Å²) in [4.78, 5) is 39.9. The molecule has 0 bridgehead atoms. The molecule has 0 aliphatic rings. The van der Waals surface area contributed by atoms with Crippen LogP contribution >= 0.6 is 12.2 Å². The lowest BCUT2D eigenvalue weighted by atomic mass is 9.95. The number of hydrogen-bond donors (Lipinski definition) is 3. The number of benzene rings is 3. The summed E-state index contributed by atoms with van der Waals surface area (Å²) < 4.78 is 0. The molecule has 0 heterocycles. The van der Waals surface area contributed by atoms with Crippen LogP contribution in [0.1, 0.15) is 23.6 Å². The van der Waals surface area contributed by atoms with Gasteiger partial charge in [0, 0.05) is 18.0 Å². The van der Waals surface area contributed by atoms with Crippen LogP contribution in [0.4, 0.5) is 0 Å². The van der Waals surface area contributed by atoms with E-state index in [4.69, 9.17) is 12.2 Å². The fourth-order valence-corrected chi connectivity index (χ4v) is 4.11. The highest BCUT2D eigenvalue weighted by atomic mass is 32.1. The molecule has 37 heavy (non-hydrogen) atoms. The summed E-state index contributed by atoms with van der Waals surface area (Å²) in [5.41, 5.74) is 3.08. The summed E-state index contributed by atoms with van der Waals surface area (Å²) in [5.74, 6) is -2.20. The zero-order chi connectivity index (χ0) is 26.5. The highest BCUT2D eigenvalue weighted by Gasteiger charge is 2.31. The predicted molar refractivity (Wildman–Crippen MR) is 150 cm³/mol. The fraction of sp³-hybridized carbons (Fsp3) is 0.267. The van der Waals surface area contributed by atoms with Crippen molar-refractivity contribution >= 4 is 34.8 Å². The van der Waals surface area contributed by atoms with Crippen molar-refractivity contribution in [2.24, 2.45) is 5.92 Å². The van der Waals surface area contributed by atoms with Crippen molar-refractivity contribution in [3.63, 3.8) is 0 Å². The van der Waals surface area contributed by atoms with E-state index in [2.05, 4.69) is 16.0 Å². The van der Waals surface area contributed by atoms with Gasteiger partial charge in [-0.2, -0.15) is 0 Å². The van der Waals surface area contributed by atoms with Crippen molar-refractivity contribution in [3.05, 3.63) is 108 Å². The largest absolute Gasteiger partial charge is 0.354 e. The molecule has 6 nitrogen and oxygen atoms in total. The standard InChI is InChI=1S/C30H33N3O3S/c1-22(37)26(21-25-15-9-4-10-16-25)28(34)33-27(29(35)31-19-17-23-11-5-2-6-12-23)30(36)32-20-18-24-13-7-3-8-14-24/h2-16,26-27H,17-21H2,1H3,(H,31,35)(H,32,36)(H,33,34)/t26-/m1/s1.